The zero-order valence-electron chi connectivity index (χ0n) is 8.20. The van der Waals surface area contributed by atoms with E-state index >= 15 is 0 Å². The number of hydrogen-bond donors (Lipinski definition) is 2. The van der Waals surface area contributed by atoms with Crippen molar-refractivity contribution in [1.82, 2.24) is 5.32 Å². The predicted octanol–water partition coefficient (Wildman–Crippen LogP) is 0.504. The van der Waals surface area contributed by atoms with Gasteiger partial charge in [-0.2, -0.15) is 0 Å². The summed E-state index contributed by atoms with van der Waals surface area (Å²) in [4.78, 5) is 21.9. The lowest BCUT2D eigenvalue weighted by molar-refractivity contribution is -0.131. The standard InChI is InChI=1S/C10H13NO3/c1-6(11-2)3-7-4-9(13)10(14)5-8(7)12/h4-6,11-12H,3H2,1-2H3. The third-order valence-electron chi connectivity index (χ3n) is 2.16. The molecule has 14 heavy (non-hydrogen) atoms. The molecule has 4 heteroatoms. The number of rotatable bonds is 3. The monoisotopic (exact) mass is 195 g/mol. The molecule has 0 saturated heterocycles. The summed E-state index contributed by atoms with van der Waals surface area (Å²) < 4.78 is 0. The van der Waals surface area contributed by atoms with Crippen LogP contribution in [0.1, 0.15) is 13.3 Å². The van der Waals surface area contributed by atoms with Gasteiger partial charge in [0.2, 0.25) is 11.6 Å². The lowest BCUT2D eigenvalue weighted by atomic mass is 9.98. The molecule has 0 fully saturated rings. The molecule has 1 rings (SSSR count). The molecule has 1 unspecified atom stereocenters. The van der Waals surface area contributed by atoms with Crippen LogP contribution in [0.4, 0.5) is 0 Å². The minimum Gasteiger partial charge on any atom is -0.508 e. The molecule has 0 aromatic carbocycles. The second kappa shape index (κ2) is 4.19. The van der Waals surface area contributed by atoms with Crippen molar-refractivity contribution in [2.45, 2.75) is 19.4 Å². The number of ketones is 2. The summed E-state index contributed by atoms with van der Waals surface area (Å²) in [6.45, 7) is 1.93. The van der Waals surface area contributed by atoms with Gasteiger partial charge in [0.15, 0.2) is 0 Å². The fourth-order valence-corrected chi connectivity index (χ4v) is 1.19. The Morgan fingerprint density at radius 3 is 2.50 bits per heavy atom. The van der Waals surface area contributed by atoms with Gasteiger partial charge in [0.1, 0.15) is 5.76 Å². The number of carbonyl (C=O) groups excluding carboxylic acids is 2. The van der Waals surface area contributed by atoms with Gasteiger partial charge in [0.25, 0.3) is 0 Å². The molecule has 0 bridgehead atoms. The number of aliphatic hydroxyl groups excluding tert-OH is 1. The Morgan fingerprint density at radius 1 is 1.36 bits per heavy atom. The number of hydrogen-bond acceptors (Lipinski definition) is 4. The van der Waals surface area contributed by atoms with Crippen LogP contribution < -0.4 is 5.32 Å². The SMILES string of the molecule is CNC(C)CC1=CC(=O)C(=O)C=C1O. The van der Waals surface area contributed by atoms with Gasteiger partial charge in [-0.25, -0.2) is 0 Å². The maximum atomic E-state index is 11.0. The van der Waals surface area contributed by atoms with Crippen LogP contribution in [0.3, 0.4) is 0 Å². The second-order valence-corrected chi connectivity index (χ2v) is 3.32. The van der Waals surface area contributed by atoms with E-state index in [1.54, 1.807) is 7.05 Å². The molecule has 1 aliphatic carbocycles. The Balaban J connectivity index is 2.79. The topological polar surface area (TPSA) is 66.4 Å². The van der Waals surface area contributed by atoms with Gasteiger partial charge in [-0.05, 0) is 32.0 Å². The highest BCUT2D eigenvalue weighted by Gasteiger charge is 2.20. The van der Waals surface area contributed by atoms with Crippen molar-refractivity contribution >= 4 is 11.6 Å². The van der Waals surface area contributed by atoms with Crippen molar-refractivity contribution in [3.05, 3.63) is 23.5 Å². The lowest BCUT2D eigenvalue weighted by Crippen LogP contribution is -2.24. The van der Waals surface area contributed by atoms with E-state index in [2.05, 4.69) is 5.32 Å². The van der Waals surface area contributed by atoms with E-state index < -0.39 is 11.6 Å². The summed E-state index contributed by atoms with van der Waals surface area (Å²) in [5, 5.41) is 12.4. The molecule has 0 spiro atoms. The van der Waals surface area contributed by atoms with Crippen LogP contribution in [0.2, 0.25) is 0 Å². The number of nitrogens with one attached hydrogen (secondary N) is 1. The molecule has 2 N–H and O–H groups in total. The molecule has 76 valence electrons. The van der Waals surface area contributed by atoms with Crippen molar-refractivity contribution in [1.29, 1.82) is 0 Å². The highest BCUT2D eigenvalue weighted by molar-refractivity contribution is 6.46. The largest absolute Gasteiger partial charge is 0.508 e. The summed E-state index contributed by atoms with van der Waals surface area (Å²) in [6.07, 6.45) is 2.70. The van der Waals surface area contributed by atoms with Crippen molar-refractivity contribution in [2.75, 3.05) is 7.05 Å². The van der Waals surface area contributed by atoms with Gasteiger partial charge in [-0.15, -0.1) is 0 Å². The van der Waals surface area contributed by atoms with Crippen molar-refractivity contribution in [2.24, 2.45) is 0 Å². The Hall–Kier alpha value is -1.42. The lowest BCUT2D eigenvalue weighted by Gasteiger charge is -2.14. The first-order chi connectivity index (χ1) is 6.54. The highest BCUT2D eigenvalue weighted by atomic mass is 16.3. The molecule has 0 aromatic rings. The summed E-state index contributed by atoms with van der Waals surface area (Å²) in [7, 11) is 1.79. The van der Waals surface area contributed by atoms with E-state index in [0.29, 0.717) is 12.0 Å². The minimum atomic E-state index is -0.664. The minimum absolute atomic E-state index is 0.100. The van der Waals surface area contributed by atoms with Crippen molar-refractivity contribution < 1.29 is 14.7 Å². The molecule has 0 saturated carbocycles. The quantitative estimate of drug-likeness (QED) is 0.508. The predicted molar refractivity (Wildman–Crippen MR) is 51.9 cm³/mol. The first kappa shape index (κ1) is 10.7. The van der Waals surface area contributed by atoms with E-state index in [1.165, 1.54) is 6.08 Å². The number of carbonyl (C=O) groups is 2. The smallest absolute Gasteiger partial charge is 0.229 e. The summed E-state index contributed by atoms with van der Waals surface area (Å²) in [5.41, 5.74) is 0.511. The Bertz CT molecular complexity index is 328. The van der Waals surface area contributed by atoms with E-state index in [1.807, 2.05) is 6.92 Å². The third-order valence-corrected chi connectivity index (χ3v) is 2.16. The maximum Gasteiger partial charge on any atom is 0.229 e. The van der Waals surface area contributed by atoms with Gasteiger partial charge < -0.3 is 10.4 Å². The Kier molecular flexibility index (Phi) is 3.19. The summed E-state index contributed by atoms with van der Waals surface area (Å²) in [6, 6.07) is 0.151. The second-order valence-electron chi connectivity index (χ2n) is 3.32. The molecular formula is C10H13NO3. The van der Waals surface area contributed by atoms with Crippen molar-refractivity contribution in [3.8, 4) is 0 Å². The third kappa shape index (κ3) is 2.29. The molecule has 1 atom stereocenters. The molecule has 0 heterocycles. The van der Waals surface area contributed by atoms with Crippen LogP contribution in [0.25, 0.3) is 0 Å². The van der Waals surface area contributed by atoms with Gasteiger partial charge in [-0.3, -0.25) is 9.59 Å². The zero-order chi connectivity index (χ0) is 10.7. The van der Waals surface area contributed by atoms with Crippen molar-refractivity contribution in [3.63, 3.8) is 0 Å². The average Bonchev–Trinajstić information content (AvgIpc) is 2.14. The van der Waals surface area contributed by atoms with E-state index in [9.17, 15) is 14.7 Å². The average molecular weight is 195 g/mol. The van der Waals surface area contributed by atoms with Gasteiger partial charge in [-0.1, -0.05) is 0 Å². The van der Waals surface area contributed by atoms with Crippen LogP contribution >= 0.6 is 0 Å². The molecular weight excluding hydrogens is 182 g/mol. The molecule has 0 aliphatic heterocycles. The first-order valence-electron chi connectivity index (χ1n) is 4.41. The van der Waals surface area contributed by atoms with E-state index in [4.69, 9.17) is 0 Å². The van der Waals surface area contributed by atoms with Crippen LogP contribution in [0, 0.1) is 0 Å². The fourth-order valence-electron chi connectivity index (χ4n) is 1.19. The summed E-state index contributed by atoms with van der Waals surface area (Å²) in [5.74, 6) is -1.33. The van der Waals surface area contributed by atoms with Gasteiger partial charge in [0, 0.05) is 12.1 Å². The highest BCUT2D eigenvalue weighted by Crippen LogP contribution is 2.17. The molecule has 0 radical (unpaired) electrons. The molecule has 0 aromatic heterocycles. The van der Waals surface area contributed by atoms with Crippen LogP contribution in [-0.4, -0.2) is 29.8 Å². The molecule has 1 aliphatic rings. The normalized spacial score (nSPS) is 19.0. The van der Waals surface area contributed by atoms with Crippen LogP contribution in [0.5, 0.6) is 0 Å². The number of allylic oxidation sites excluding steroid dienone is 3. The zero-order valence-corrected chi connectivity index (χ0v) is 8.20. The van der Waals surface area contributed by atoms with Crippen LogP contribution in [-0.2, 0) is 9.59 Å². The van der Waals surface area contributed by atoms with Gasteiger partial charge in [0.05, 0.1) is 0 Å². The van der Waals surface area contributed by atoms with E-state index in [-0.39, 0.29) is 11.8 Å². The Labute approximate surface area is 82.3 Å². The van der Waals surface area contributed by atoms with E-state index in [0.717, 1.165) is 6.08 Å². The summed E-state index contributed by atoms with van der Waals surface area (Å²) >= 11 is 0. The maximum absolute atomic E-state index is 11.0. The number of aliphatic hydroxyl groups is 1. The van der Waals surface area contributed by atoms with Crippen LogP contribution in [0.15, 0.2) is 23.5 Å². The fraction of sp³-hybridized carbons (Fsp3) is 0.400. The molecule has 4 nitrogen and oxygen atoms in total. The molecule has 0 amide bonds. The first-order valence-corrected chi connectivity index (χ1v) is 4.41. The Morgan fingerprint density at radius 2 is 1.93 bits per heavy atom. The van der Waals surface area contributed by atoms with Gasteiger partial charge >= 0.3 is 0 Å².